The second-order valence-corrected chi connectivity index (χ2v) is 8.85. The summed E-state index contributed by atoms with van der Waals surface area (Å²) in [5, 5.41) is 2.70. The van der Waals surface area contributed by atoms with Crippen molar-refractivity contribution in [3.63, 3.8) is 0 Å². The summed E-state index contributed by atoms with van der Waals surface area (Å²) < 4.78 is 35.1. The summed E-state index contributed by atoms with van der Waals surface area (Å²) in [5.41, 5.74) is 0.638. The molecule has 13 nitrogen and oxygen atoms in total. The molecule has 5 atom stereocenters. The first-order chi connectivity index (χ1) is 15.3. The molecule has 1 unspecified atom stereocenters. The van der Waals surface area contributed by atoms with Gasteiger partial charge in [-0.3, -0.25) is 23.2 Å². The SMILES string of the molecule is CCCC(=O)Nc1ncnc2c1ncn2[C@@H]1O[C@@H]2COP(=O)(O)O[C@@H]2[C@@H]1OC(=O)CCC. The maximum atomic E-state index is 12.3. The summed E-state index contributed by atoms with van der Waals surface area (Å²) in [6.45, 7) is 3.50. The van der Waals surface area contributed by atoms with Crippen molar-refractivity contribution in [3.05, 3.63) is 12.7 Å². The molecule has 1 amide bonds. The van der Waals surface area contributed by atoms with Crippen molar-refractivity contribution in [1.82, 2.24) is 19.5 Å². The highest BCUT2D eigenvalue weighted by Gasteiger charge is 2.55. The fraction of sp³-hybridized carbons (Fsp3) is 0.611. The van der Waals surface area contributed by atoms with E-state index in [4.69, 9.17) is 18.5 Å². The van der Waals surface area contributed by atoms with Crippen LogP contribution in [0.4, 0.5) is 5.82 Å². The third-order valence-electron chi connectivity index (χ3n) is 5.03. The number of hydrogen-bond donors (Lipinski definition) is 2. The summed E-state index contributed by atoms with van der Waals surface area (Å²) in [7, 11) is -4.30. The molecule has 4 rings (SSSR count). The van der Waals surface area contributed by atoms with Gasteiger partial charge in [0.25, 0.3) is 0 Å². The Labute approximate surface area is 183 Å². The van der Waals surface area contributed by atoms with Gasteiger partial charge >= 0.3 is 13.8 Å². The number of ether oxygens (including phenoxy) is 2. The standard InChI is InChI=1S/C18H24N5O8P/c1-3-5-11(24)22-16-13-17(20-8-19-16)23(9-21-13)18-15(30-12(25)6-4-2)14-10(29-18)7-28-32(26,27)31-14/h8-10,14-15,18H,3-7H2,1-2H3,(H,26,27)(H,19,20,22,24)/t10-,14+,15+,18-/m1/s1. The minimum Gasteiger partial charge on any atom is -0.455 e. The zero-order valence-corrected chi connectivity index (χ0v) is 18.4. The Morgan fingerprint density at radius 1 is 1.28 bits per heavy atom. The third-order valence-corrected chi connectivity index (χ3v) is 6.02. The van der Waals surface area contributed by atoms with E-state index in [0.717, 1.165) is 0 Å². The van der Waals surface area contributed by atoms with Crippen molar-refractivity contribution in [2.75, 3.05) is 11.9 Å². The maximum Gasteiger partial charge on any atom is 0.472 e. The van der Waals surface area contributed by atoms with E-state index in [-0.39, 0.29) is 24.8 Å². The number of imidazole rings is 1. The number of anilines is 1. The zero-order valence-electron chi connectivity index (χ0n) is 17.5. The molecule has 0 bridgehead atoms. The van der Waals surface area contributed by atoms with Gasteiger partial charge in [-0.2, -0.15) is 0 Å². The highest BCUT2D eigenvalue weighted by atomic mass is 31.2. The van der Waals surface area contributed by atoms with E-state index in [1.807, 2.05) is 13.8 Å². The number of amides is 1. The van der Waals surface area contributed by atoms with Crippen molar-refractivity contribution in [2.24, 2.45) is 0 Å². The maximum absolute atomic E-state index is 12.3. The number of nitrogens with zero attached hydrogens (tertiary/aromatic N) is 4. The van der Waals surface area contributed by atoms with Gasteiger partial charge < -0.3 is 19.7 Å². The van der Waals surface area contributed by atoms with E-state index < -0.39 is 38.3 Å². The Kier molecular flexibility index (Phi) is 6.54. The van der Waals surface area contributed by atoms with E-state index in [2.05, 4.69) is 20.3 Å². The molecule has 2 aliphatic heterocycles. The molecule has 32 heavy (non-hydrogen) atoms. The molecule has 0 aromatic carbocycles. The van der Waals surface area contributed by atoms with Gasteiger partial charge in [-0.15, -0.1) is 0 Å². The Morgan fingerprint density at radius 2 is 2.06 bits per heavy atom. The Bertz CT molecular complexity index is 1060. The number of carbonyl (C=O) groups is 2. The van der Waals surface area contributed by atoms with Crippen molar-refractivity contribution in [3.8, 4) is 0 Å². The normalized spacial score (nSPS) is 29.6. The fourth-order valence-corrected chi connectivity index (χ4v) is 4.60. The van der Waals surface area contributed by atoms with Crippen LogP contribution < -0.4 is 5.32 Å². The molecule has 0 radical (unpaired) electrons. The minimum atomic E-state index is -4.30. The Morgan fingerprint density at radius 3 is 2.81 bits per heavy atom. The smallest absolute Gasteiger partial charge is 0.455 e. The van der Waals surface area contributed by atoms with Gasteiger partial charge in [-0.1, -0.05) is 13.8 Å². The molecule has 174 valence electrons. The number of esters is 1. The predicted molar refractivity (Wildman–Crippen MR) is 108 cm³/mol. The number of nitrogens with one attached hydrogen (secondary N) is 1. The molecular formula is C18H24N5O8P. The highest BCUT2D eigenvalue weighted by molar-refractivity contribution is 7.47. The molecule has 2 N–H and O–H groups in total. The van der Waals surface area contributed by atoms with Crippen LogP contribution in [0.3, 0.4) is 0 Å². The molecule has 4 heterocycles. The first kappa shape index (κ1) is 22.7. The van der Waals surface area contributed by atoms with Gasteiger partial charge in [0.05, 0.1) is 12.9 Å². The fourth-order valence-electron chi connectivity index (χ4n) is 3.64. The van der Waals surface area contributed by atoms with Gasteiger partial charge in [0.2, 0.25) is 5.91 Å². The first-order valence-corrected chi connectivity index (χ1v) is 11.8. The molecule has 2 aromatic rings. The molecular weight excluding hydrogens is 445 g/mol. The lowest BCUT2D eigenvalue weighted by Crippen LogP contribution is -2.41. The van der Waals surface area contributed by atoms with E-state index in [9.17, 15) is 19.0 Å². The number of phosphoric acid groups is 1. The molecule has 2 fully saturated rings. The van der Waals surface area contributed by atoms with Crippen LogP contribution in [0.2, 0.25) is 0 Å². The molecule has 0 spiro atoms. The largest absolute Gasteiger partial charge is 0.472 e. The zero-order chi connectivity index (χ0) is 22.9. The topological polar surface area (TPSA) is 164 Å². The lowest BCUT2D eigenvalue weighted by Gasteiger charge is -2.29. The number of aromatic nitrogens is 4. The Hall–Kier alpha value is -2.44. The van der Waals surface area contributed by atoms with E-state index in [1.165, 1.54) is 17.2 Å². The third kappa shape index (κ3) is 4.52. The number of hydrogen-bond acceptors (Lipinski definition) is 10. The van der Waals surface area contributed by atoms with Gasteiger partial charge in [0, 0.05) is 12.8 Å². The highest BCUT2D eigenvalue weighted by Crippen LogP contribution is 2.53. The molecule has 0 aliphatic carbocycles. The number of fused-ring (bicyclic) bond motifs is 2. The number of phosphoric ester groups is 1. The summed E-state index contributed by atoms with van der Waals surface area (Å²) in [6.07, 6.45) is 0.639. The van der Waals surface area contributed by atoms with Crippen LogP contribution in [0.5, 0.6) is 0 Å². The molecule has 2 saturated heterocycles. The van der Waals surface area contributed by atoms with Crippen LogP contribution >= 0.6 is 7.82 Å². The summed E-state index contributed by atoms with van der Waals surface area (Å²) in [4.78, 5) is 46.7. The van der Waals surface area contributed by atoms with E-state index >= 15 is 0 Å². The molecule has 2 aliphatic rings. The second kappa shape index (κ2) is 9.20. The van der Waals surface area contributed by atoms with Crippen LogP contribution in [-0.4, -0.2) is 61.2 Å². The lowest BCUT2D eigenvalue weighted by molar-refractivity contribution is -0.158. The van der Waals surface area contributed by atoms with Crippen LogP contribution in [0.25, 0.3) is 11.2 Å². The average molecular weight is 469 g/mol. The average Bonchev–Trinajstić information content (AvgIpc) is 3.30. The monoisotopic (exact) mass is 469 g/mol. The van der Waals surface area contributed by atoms with Crippen LogP contribution in [-0.2, 0) is 32.7 Å². The first-order valence-electron chi connectivity index (χ1n) is 10.3. The van der Waals surface area contributed by atoms with Gasteiger partial charge in [-0.25, -0.2) is 19.5 Å². The summed E-state index contributed by atoms with van der Waals surface area (Å²) >= 11 is 0. The molecule has 0 saturated carbocycles. The van der Waals surface area contributed by atoms with Crippen LogP contribution in [0, 0.1) is 0 Å². The van der Waals surface area contributed by atoms with Crippen LogP contribution in [0.15, 0.2) is 12.7 Å². The number of carbonyl (C=O) groups excluding carboxylic acids is 2. The minimum absolute atomic E-state index is 0.161. The second-order valence-electron chi connectivity index (χ2n) is 7.45. The van der Waals surface area contributed by atoms with Crippen molar-refractivity contribution in [1.29, 1.82) is 0 Å². The van der Waals surface area contributed by atoms with Crippen molar-refractivity contribution < 1.29 is 37.6 Å². The lowest BCUT2D eigenvalue weighted by atomic mass is 10.1. The van der Waals surface area contributed by atoms with Gasteiger partial charge in [0.1, 0.15) is 18.5 Å². The van der Waals surface area contributed by atoms with Crippen molar-refractivity contribution in [2.45, 2.75) is 64.1 Å². The molecule has 2 aromatic heterocycles. The van der Waals surface area contributed by atoms with Crippen LogP contribution in [0.1, 0.15) is 45.8 Å². The van der Waals surface area contributed by atoms with Gasteiger partial charge in [0.15, 0.2) is 29.3 Å². The molecule has 14 heteroatoms. The van der Waals surface area contributed by atoms with Gasteiger partial charge in [-0.05, 0) is 12.8 Å². The quantitative estimate of drug-likeness (QED) is 0.448. The number of rotatable bonds is 7. The van der Waals surface area contributed by atoms with E-state index in [1.54, 1.807) is 0 Å². The van der Waals surface area contributed by atoms with E-state index in [0.29, 0.717) is 30.4 Å². The summed E-state index contributed by atoms with van der Waals surface area (Å²) in [6, 6.07) is 0. The predicted octanol–water partition coefficient (Wildman–Crippen LogP) is 1.69. The summed E-state index contributed by atoms with van der Waals surface area (Å²) in [5.74, 6) is -0.469. The van der Waals surface area contributed by atoms with Crippen molar-refractivity contribution >= 4 is 36.7 Å². The Balaban J connectivity index is 1.68.